The molecule has 0 unspecified atom stereocenters. The summed E-state index contributed by atoms with van der Waals surface area (Å²) < 4.78 is 0. The fourth-order valence-electron chi connectivity index (χ4n) is 0.924. The van der Waals surface area contributed by atoms with Crippen molar-refractivity contribution in [2.45, 2.75) is 6.54 Å². The van der Waals surface area contributed by atoms with E-state index in [4.69, 9.17) is 5.73 Å². The standard InChI is InChI=1S/C8H9N5S/c9-6-1-10-8(11-2-6)12-3-7-4-14-5-13-7/h1-2,4-5H,3,9H2,(H,10,11,12). The second kappa shape index (κ2) is 4.01. The molecule has 0 radical (unpaired) electrons. The minimum absolute atomic E-state index is 0.559. The molecule has 0 aliphatic carbocycles. The lowest BCUT2D eigenvalue weighted by Crippen LogP contribution is -2.03. The third kappa shape index (κ3) is 2.17. The van der Waals surface area contributed by atoms with Crippen LogP contribution in [0.2, 0.25) is 0 Å². The molecular formula is C8H9N5S. The van der Waals surface area contributed by atoms with Gasteiger partial charge in [-0.3, -0.25) is 0 Å². The van der Waals surface area contributed by atoms with Crippen molar-refractivity contribution < 1.29 is 0 Å². The van der Waals surface area contributed by atoms with E-state index in [-0.39, 0.29) is 0 Å². The van der Waals surface area contributed by atoms with E-state index in [1.54, 1.807) is 29.2 Å². The van der Waals surface area contributed by atoms with Crippen LogP contribution in [-0.4, -0.2) is 15.0 Å². The average molecular weight is 207 g/mol. The molecule has 2 aromatic heterocycles. The largest absolute Gasteiger partial charge is 0.396 e. The topological polar surface area (TPSA) is 76.7 Å². The number of hydrogen-bond donors (Lipinski definition) is 2. The van der Waals surface area contributed by atoms with E-state index < -0.39 is 0 Å². The Morgan fingerprint density at radius 2 is 2.07 bits per heavy atom. The highest BCUT2D eigenvalue weighted by atomic mass is 32.1. The Balaban J connectivity index is 1.95. The van der Waals surface area contributed by atoms with Gasteiger partial charge in [0.15, 0.2) is 0 Å². The SMILES string of the molecule is Nc1cnc(NCc2cscn2)nc1. The highest BCUT2D eigenvalue weighted by Gasteiger charge is 1.97. The Kier molecular flexibility index (Phi) is 2.55. The number of anilines is 2. The van der Waals surface area contributed by atoms with E-state index in [1.807, 2.05) is 5.38 Å². The van der Waals surface area contributed by atoms with Crippen LogP contribution < -0.4 is 11.1 Å². The van der Waals surface area contributed by atoms with Crippen LogP contribution in [0.5, 0.6) is 0 Å². The molecule has 3 N–H and O–H groups in total. The van der Waals surface area contributed by atoms with E-state index in [2.05, 4.69) is 20.3 Å². The Morgan fingerprint density at radius 3 is 2.71 bits per heavy atom. The van der Waals surface area contributed by atoms with Gasteiger partial charge in [-0.2, -0.15) is 0 Å². The summed E-state index contributed by atoms with van der Waals surface area (Å²) in [5.41, 5.74) is 8.79. The van der Waals surface area contributed by atoms with Crippen LogP contribution in [0.1, 0.15) is 5.69 Å². The summed E-state index contributed by atoms with van der Waals surface area (Å²) in [6, 6.07) is 0. The number of nitrogens with two attached hydrogens (primary N) is 1. The Labute approximate surface area is 85.0 Å². The smallest absolute Gasteiger partial charge is 0.223 e. The number of hydrogen-bond acceptors (Lipinski definition) is 6. The molecule has 0 saturated heterocycles. The third-order valence-electron chi connectivity index (χ3n) is 1.58. The summed E-state index contributed by atoms with van der Waals surface area (Å²) >= 11 is 1.57. The molecule has 0 spiro atoms. The van der Waals surface area contributed by atoms with Crippen LogP contribution in [-0.2, 0) is 6.54 Å². The first-order valence-corrected chi connectivity index (χ1v) is 4.97. The van der Waals surface area contributed by atoms with E-state index >= 15 is 0 Å². The molecule has 0 aliphatic rings. The van der Waals surface area contributed by atoms with Gasteiger partial charge in [0, 0.05) is 5.38 Å². The molecule has 6 heteroatoms. The molecule has 2 heterocycles. The lowest BCUT2D eigenvalue weighted by atomic mass is 10.5. The van der Waals surface area contributed by atoms with Crippen molar-refractivity contribution in [3.63, 3.8) is 0 Å². The van der Waals surface area contributed by atoms with Crippen LogP contribution in [0.4, 0.5) is 11.6 Å². The van der Waals surface area contributed by atoms with E-state index in [9.17, 15) is 0 Å². The Hall–Kier alpha value is -1.69. The monoisotopic (exact) mass is 207 g/mol. The molecule has 0 fully saturated rings. The number of nitrogens with one attached hydrogen (secondary N) is 1. The van der Waals surface area contributed by atoms with Gasteiger partial charge in [-0.05, 0) is 0 Å². The molecule has 2 aromatic rings. The molecule has 0 aliphatic heterocycles. The fraction of sp³-hybridized carbons (Fsp3) is 0.125. The van der Waals surface area contributed by atoms with Crippen molar-refractivity contribution in [3.05, 3.63) is 29.0 Å². The van der Waals surface area contributed by atoms with Gasteiger partial charge >= 0.3 is 0 Å². The van der Waals surface area contributed by atoms with Crippen LogP contribution in [0.25, 0.3) is 0 Å². The quantitative estimate of drug-likeness (QED) is 0.788. The minimum atomic E-state index is 0.559. The number of aromatic nitrogens is 3. The first-order valence-electron chi connectivity index (χ1n) is 4.03. The van der Waals surface area contributed by atoms with Crippen molar-refractivity contribution in [2.24, 2.45) is 0 Å². The first-order chi connectivity index (χ1) is 6.84. The summed E-state index contributed by atoms with van der Waals surface area (Å²) in [6.07, 6.45) is 3.13. The zero-order chi connectivity index (χ0) is 9.80. The highest BCUT2D eigenvalue weighted by Crippen LogP contribution is 2.05. The molecule has 72 valence electrons. The van der Waals surface area contributed by atoms with Gasteiger partial charge in [-0.15, -0.1) is 11.3 Å². The van der Waals surface area contributed by atoms with Crippen LogP contribution in [0, 0.1) is 0 Å². The minimum Gasteiger partial charge on any atom is -0.396 e. The summed E-state index contributed by atoms with van der Waals surface area (Å²) in [5, 5.41) is 5.02. The van der Waals surface area contributed by atoms with Crippen molar-refractivity contribution in [1.29, 1.82) is 0 Å². The van der Waals surface area contributed by atoms with Crippen molar-refractivity contribution in [3.8, 4) is 0 Å². The van der Waals surface area contributed by atoms with Crippen LogP contribution in [0.3, 0.4) is 0 Å². The number of nitrogens with zero attached hydrogens (tertiary/aromatic N) is 3. The van der Waals surface area contributed by atoms with Crippen molar-refractivity contribution >= 4 is 23.0 Å². The summed E-state index contributed by atoms with van der Waals surface area (Å²) in [5.74, 6) is 0.562. The molecule has 0 saturated carbocycles. The van der Waals surface area contributed by atoms with Gasteiger partial charge in [-0.25, -0.2) is 15.0 Å². The Morgan fingerprint density at radius 1 is 1.29 bits per heavy atom. The second-order valence-corrected chi connectivity index (χ2v) is 3.39. The van der Waals surface area contributed by atoms with Gasteiger partial charge in [0.05, 0.1) is 35.8 Å². The van der Waals surface area contributed by atoms with Gasteiger partial charge in [-0.1, -0.05) is 0 Å². The molecule has 2 rings (SSSR count). The zero-order valence-electron chi connectivity index (χ0n) is 7.34. The molecule has 5 nitrogen and oxygen atoms in total. The predicted molar refractivity (Wildman–Crippen MR) is 55.9 cm³/mol. The van der Waals surface area contributed by atoms with E-state index in [1.165, 1.54) is 0 Å². The zero-order valence-corrected chi connectivity index (χ0v) is 8.16. The number of thiazole rings is 1. The normalized spacial score (nSPS) is 10.0. The van der Waals surface area contributed by atoms with Gasteiger partial charge in [0.25, 0.3) is 0 Å². The van der Waals surface area contributed by atoms with E-state index in [0.717, 1.165) is 5.69 Å². The molecule has 14 heavy (non-hydrogen) atoms. The summed E-state index contributed by atoms with van der Waals surface area (Å²) in [4.78, 5) is 12.1. The molecule has 0 amide bonds. The third-order valence-corrected chi connectivity index (χ3v) is 2.22. The molecular weight excluding hydrogens is 198 g/mol. The number of nitrogen functional groups attached to an aromatic ring is 1. The van der Waals surface area contributed by atoms with Crippen LogP contribution >= 0.6 is 11.3 Å². The van der Waals surface area contributed by atoms with Crippen molar-refractivity contribution in [1.82, 2.24) is 15.0 Å². The maximum absolute atomic E-state index is 5.45. The molecule has 0 atom stereocenters. The van der Waals surface area contributed by atoms with Crippen LogP contribution in [0.15, 0.2) is 23.3 Å². The number of rotatable bonds is 3. The van der Waals surface area contributed by atoms with E-state index in [0.29, 0.717) is 18.2 Å². The lowest BCUT2D eigenvalue weighted by Gasteiger charge is -2.01. The summed E-state index contributed by atoms with van der Waals surface area (Å²) in [7, 11) is 0. The van der Waals surface area contributed by atoms with Crippen molar-refractivity contribution in [2.75, 3.05) is 11.1 Å². The fourth-order valence-corrected chi connectivity index (χ4v) is 1.48. The average Bonchev–Trinajstić information content (AvgIpc) is 2.70. The lowest BCUT2D eigenvalue weighted by molar-refractivity contribution is 1.02. The highest BCUT2D eigenvalue weighted by molar-refractivity contribution is 7.07. The predicted octanol–water partition coefficient (Wildman–Crippen LogP) is 1.13. The Bertz CT molecular complexity index is 383. The van der Waals surface area contributed by atoms with Gasteiger partial charge in [0.2, 0.25) is 5.95 Å². The molecule has 0 bridgehead atoms. The molecule has 0 aromatic carbocycles. The maximum atomic E-state index is 5.45. The summed E-state index contributed by atoms with van der Waals surface area (Å²) in [6.45, 7) is 0.632. The maximum Gasteiger partial charge on any atom is 0.223 e. The second-order valence-electron chi connectivity index (χ2n) is 2.67. The van der Waals surface area contributed by atoms with Gasteiger partial charge in [0.1, 0.15) is 0 Å². The first kappa shape index (κ1) is 8.89. The van der Waals surface area contributed by atoms with Gasteiger partial charge < -0.3 is 11.1 Å².